The highest BCUT2D eigenvalue weighted by Crippen LogP contribution is 2.41. The number of nitrogens with zero attached hydrogens (tertiary/aromatic N) is 2. The molecule has 0 radical (unpaired) electrons. The molecule has 3 aromatic heterocycles. The second kappa shape index (κ2) is 12.5. The van der Waals surface area contributed by atoms with Gasteiger partial charge in [-0.25, -0.2) is 0 Å². The van der Waals surface area contributed by atoms with Gasteiger partial charge >= 0.3 is 0 Å². The molecule has 0 atom stereocenters. The van der Waals surface area contributed by atoms with Gasteiger partial charge in [0.25, 0.3) is 0 Å². The summed E-state index contributed by atoms with van der Waals surface area (Å²) in [6.07, 6.45) is 0. The average molecular weight is 727 g/mol. The third-order valence-corrected chi connectivity index (χ3v) is 11.7. The molecular weight excluding hydrogens is 693 g/mol. The van der Waals surface area contributed by atoms with Crippen molar-refractivity contribution in [1.82, 2.24) is 9.13 Å². The number of furan rings is 1. The predicted octanol–water partition coefficient (Wildman–Crippen LogP) is 14.8. The maximum absolute atomic E-state index is 6.52. The summed E-state index contributed by atoms with van der Waals surface area (Å²) in [7, 11) is 0. The molecular formula is C54H34N2O. The van der Waals surface area contributed by atoms with E-state index in [0.717, 1.165) is 49.7 Å². The summed E-state index contributed by atoms with van der Waals surface area (Å²) < 4.78 is 11.3. The molecule has 0 amide bonds. The van der Waals surface area contributed by atoms with Crippen LogP contribution in [0.5, 0.6) is 0 Å². The topological polar surface area (TPSA) is 23.0 Å². The lowest BCUT2D eigenvalue weighted by molar-refractivity contribution is 0.673. The van der Waals surface area contributed by atoms with E-state index in [4.69, 9.17) is 4.42 Å². The van der Waals surface area contributed by atoms with Crippen molar-refractivity contribution in [2.45, 2.75) is 0 Å². The molecule has 0 spiro atoms. The monoisotopic (exact) mass is 726 g/mol. The Morgan fingerprint density at radius 2 is 0.754 bits per heavy atom. The van der Waals surface area contributed by atoms with Crippen LogP contribution >= 0.6 is 0 Å². The molecule has 0 saturated carbocycles. The highest BCUT2D eigenvalue weighted by atomic mass is 16.3. The minimum atomic E-state index is 0.916. The standard InChI is InChI=1S/C54H34N2O/c1-2-12-35(13-3-1)39-32-40(34-42(33-39)56-48-18-8-4-14-43(48)44-15-5-9-19-49(44)56)38-24-22-36(23-25-38)37-26-28-41(29-27-37)55-50-20-10-6-17-47(50)53-51(55)31-30-46-45-16-7-11-21-52(45)57-54(46)53/h1-34H. The van der Waals surface area contributed by atoms with Gasteiger partial charge in [-0.3, -0.25) is 0 Å². The molecule has 0 aliphatic heterocycles. The minimum Gasteiger partial charge on any atom is -0.455 e. The molecule has 266 valence electrons. The minimum absolute atomic E-state index is 0.916. The molecule has 57 heavy (non-hydrogen) atoms. The van der Waals surface area contributed by atoms with E-state index < -0.39 is 0 Å². The van der Waals surface area contributed by atoms with Crippen LogP contribution in [0.15, 0.2) is 211 Å². The quantitative estimate of drug-likeness (QED) is 0.173. The summed E-state index contributed by atoms with van der Waals surface area (Å²) in [5.41, 5.74) is 15.9. The zero-order valence-electron chi connectivity index (χ0n) is 30.9. The fraction of sp³-hybridized carbons (Fsp3) is 0. The number of rotatable bonds is 5. The van der Waals surface area contributed by atoms with E-state index in [2.05, 4.69) is 209 Å². The van der Waals surface area contributed by atoms with Gasteiger partial charge in [-0.05, 0) is 100 Å². The molecule has 0 saturated heterocycles. The first-order chi connectivity index (χ1) is 28.3. The van der Waals surface area contributed by atoms with Crippen molar-refractivity contribution in [1.29, 1.82) is 0 Å². The summed E-state index contributed by atoms with van der Waals surface area (Å²) in [5, 5.41) is 7.16. The fourth-order valence-electron chi connectivity index (χ4n) is 9.08. The van der Waals surface area contributed by atoms with Crippen LogP contribution in [0.25, 0.3) is 110 Å². The predicted molar refractivity (Wildman–Crippen MR) is 239 cm³/mol. The Balaban J connectivity index is 0.939. The Kier molecular flexibility index (Phi) is 6.93. The van der Waals surface area contributed by atoms with Gasteiger partial charge in [0, 0.05) is 38.3 Å². The Morgan fingerprint density at radius 3 is 1.40 bits per heavy atom. The van der Waals surface area contributed by atoms with Crippen molar-refractivity contribution in [3.63, 3.8) is 0 Å². The van der Waals surface area contributed by atoms with E-state index in [1.54, 1.807) is 0 Å². The molecule has 3 heterocycles. The van der Waals surface area contributed by atoms with Crippen LogP contribution in [0.1, 0.15) is 0 Å². The van der Waals surface area contributed by atoms with E-state index in [-0.39, 0.29) is 0 Å². The van der Waals surface area contributed by atoms with Crippen molar-refractivity contribution in [3.8, 4) is 44.8 Å². The first-order valence-electron chi connectivity index (χ1n) is 19.5. The molecule has 12 rings (SSSR count). The van der Waals surface area contributed by atoms with E-state index in [1.165, 1.54) is 60.6 Å². The Morgan fingerprint density at radius 1 is 0.281 bits per heavy atom. The van der Waals surface area contributed by atoms with Gasteiger partial charge in [0.1, 0.15) is 11.2 Å². The summed E-state index contributed by atoms with van der Waals surface area (Å²) in [5.74, 6) is 0. The van der Waals surface area contributed by atoms with Crippen LogP contribution in [-0.2, 0) is 0 Å². The number of aromatic nitrogens is 2. The molecule has 0 aliphatic carbocycles. The summed E-state index contributed by atoms with van der Waals surface area (Å²) in [4.78, 5) is 0. The van der Waals surface area contributed by atoms with E-state index in [9.17, 15) is 0 Å². The Labute approximate surface area is 328 Å². The van der Waals surface area contributed by atoms with E-state index >= 15 is 0 Å². The molecule has 3 heteroatoms. The van der Waals surface area contributed by atoms with Crippen molar-refractivity contribution < 1.29 is 4.42 Å². The molecule has 9 aromatic carbocycles. The van der Waals surface area contributed by atoms with Crippen LogP contribution in [0.4, 0.5) is 0 Å². The Bertz CT molecular complexity index is 3440. The SMILES string of the molecule is c1ccc(-c2cc(-c3ccc(-c4ccc(-n5c6ccccc6c6c7oc8ccccc8c7ccc65)cc4)cc3)cc(-n3c4ccccc4c4ccccc43)c2)cc1. The first kappa shape index (κ1) is 31.7. The largest absolute Gasteiger partial charge is 0.455 e. The third kappa shape index (κ3) is 4.92. The van der Waals surface area contributed by atoms with E-state index in [1.807, 2.05) is 6.07 Å². The van der Waals surface area contributed by atoms with Crippen molar-refractivity contribution in [2.75, 3.05) is 0 Å². The third-order valence-electron chi connectivity index (χ3n) is 11.7. The molecule has 12 aromatic rings. The van der Waals surface area contributed by atoms with Gasteiger partial charge in [-0.15, -0.1) is 0 Å². The van der Waals surface area contributed by atoms with Crippen LogP contribution in [0.3, 0.4) is 0 Å². The van der Waals surface area contributed by atoms with Gasteiger partial charge in [0.05, 0.1) is 27.5 Å². The molecule has 0 aliphatic rings. The van der Waals surface area contributed by atoms with E-state index in [0.29, 0.717) is 0 Å². The Hall–Kier alpha value is -7.62. The number of benzene rings is 9. The molecule has 0 bridgehead atoms. The summed E-state index contributed by atoms with van der Waals surface area (Å²) in [6.45, 7) is 0. The van der Waals surface area contributed by atoms with Gasteiger partial charge in [0.15, 0.2) is 0 Å². The second-order valence-electron chi connectivity index (χ2n) is 14.9. The lowest BCUT2D eigenvalue weighted by atomic mass is 9.96. The van der Waals surface area contributed by atoms with Gasteiger partial charge in [-0.1, -0.05) is 140 Å². The molecule has 0 N–H and O–H groups in total. The maximum atomic E-state index is 6.52. The zero-order chi connectivity index (χ0) is 37.5. The smallest absolute Gasteiger partial charge is 0.145 e. The number of hydrogen-bond donors (Lipinski definition) is 0. The maximum Gasteiger partial charge on any atom is 0.145 e. The van der Waals surface area contributed by atoms with Gasteiger partial charge in [0.2, 0.25) is 0 Å². The van der Waals surface area contributed by atoms with Crippen LogP contribution < -0.4 is 0 Å². The number of fused-ring (bicyclic) bond motifs is 10. The highest BCUT2D eigenvalue weighted by Gasteiger charge is 2.19. The normalized spacial score (nSPS) is 11.9. The lowest BCUT2D eigenvalue weighted by Crippen LogP contribution is -1.96. The van der Waals surface area contributed by atoms with Gasteiger partial charge < -0.3 is 13.6 Å². The highest BCUT2D eigenvalue weighted by molar-refractivity contribution is 6.23. The molecule has 3 nitrogen and oxygen atoms in total. The van der Waals surface area contributed by atoms with Crippen molar-refractivity contribution in [3.05, 3.63) is 206 Å². The van der Waals surface area contributed by atoms with Crippen LogP contribution in [-0.4, -0.2) is 9.13 Å². The number of para-hydroxylation sites is 4. The van der Waals surface area contributed by atoms with Crippen LogP contribution in [0.2, 0.25) is 0 Å². The van der Waals surface area contributed by atoms with Gasteiger partial charge in [-0.2, -0.15) is 0 Å². The fourth-order valence-corrected chi connectivity index (χ4v) is 9.08. The van der Waals surface area contributed by atoms with Crippen molar-refractivity contribution >= 4 is 65.6 Å². The van der Waals surface area contributed by atoms with Crippen LogP contribution in [0, 0.1) is 0 Å². The average Bonchev–Trinajstić information content (AvgIpc) is 3.95. The molecule has 0 fully saturated rings. The summed E-state index contributed by atoms with van der Waals surface area (Å²) in [6, 6.07) is 74.5. The second-order valence-corrected chi connectivity index (χ2v) is 14.9. The first-order valence-corrected chi connectivity index (χ1v) is 19.5. The number of hydrogen-bond acceptors (Lipinski definition) is 1. The zero-order valence-corrected chi connectivity index (χ0v) is 30.9. The summed E-state index contributed by atoms with van der Waals surface area (Å²) >= 11 is 0. The molecule has 0 unspecified atom stereocenters. The van der Waals surface area contributed by atoms with Crippen molar-refractivity contribution in [2.24, 2.45) is 0 Å². The lowest BCUT2D eigenvalue weighted by Gasteiger charge is -2.14.